The molecule has 0 amide bonds. The van der Waals surface area contributed by atoms with E-state index in [2.05, 4.69) is 42.5 Å². The lowest BCUT2D eigenvalue weighted by Gasteiger charge is -2.22. The molecule has 1 heterocycles. The number of aliphatic imine (C=N–C) groups is 1. The second-order valence-corrected chi connectivity index (χ2v) is 6.89. The Morgan fingerprint density at radius 2 is 1.80 bits per heavy atom. The highest BCUT2D eigenvalue weighted by molar-refractivity contribution is 6.46. The molecule has 3 rings (SSSR count). The maximum atomic E-state index is 4.77. The molecule has 0 N–H and O–H groups in total. The van der Waals surface area contributed by atoms with Gasteiger partial charge in [-0.3, -0.25) is 10.0 Å². The molecule has 0 spiro atoms. The maximum Gasteiger partial charge on any atom is 0.104 e. The van der Waals surface area contributed by atoms with Crippen LogP contribution in [0.15, 0.2) is 65.4 Å². The molecular formula is C22H27N3. The van der Waals surface area contributed by atoms with E-state index >= 15 is 0 Å². The van der Waals surface area contributed by atoms with Gasteiger partial charge in [0, 0.05) is 12.6 Å². The highest BCUT2D eigenvalue weighted by atomic mass is 15.4. The highest BCUT2D eigenvalue weighted by Crippen LogP contribution is 2.33. The Kier molecular flexibility index (Phi) is 5.32. The van der Waals surface area contributed by atoms with Crippen LogP contribution in [-0.2, 0) is 0 Å². The third kappa shape index (κ3) is 3.98. The summed E-state index contributed by atoms with van der Waals surface area (Å²) in [6, 6.07) is 8.91. The van der Waals surface area contributed by atoms with Crippen LogP contribution in [0.25, 0.3) is 5.70 Å². The zero-order chi connectivity index (χ0) is 17.8. The summed E-state index contributed by atoms with van der Waals surface area (Å²) in [6.07, 6.45) is 10.5. The third-order valence-electron chi connectivity index (χ3n) is 5.11. The molecule has 0 radical (unpaired) electrons. The number of hydrazone groups is 1. The Hall–Kier alpha value is -2.42. The summed E-state index contributed by atoms with van der Waals surface area (Å²) < 4.78 is 0. The van der Waals surface area contributed by atoms with Gasteiger partial charge in [0.15, 0.2) is 0 Å². The van der Waals surface area contributed by atoms with Crippen LogP contribution in [-0.4, -0.2) is 23.5 Å². The van der Waals surface area contributed by atoms with Crippen molar-refractivity contribution in [1.29, 1.82) is 0 Å². The first kappa shape index (κ1) is 17.4. The first-order valence-electron chi connectivity index (χ1n) is 9.10. The number of hydrogen-bond donors (Lipinski definition) is 0. The molecular weight excluding hydrogens is 306 g/mol. The normalized spacial score (nSPS) is 25.8. The standard InChI is InChI=1S/C22H27N3/c1-5-21-17(3)23-22(15-16(2)25(4)24-21)20-13-11-19(12-14-20)18-9-7-6-8-10-18/h5,11-15,18H,1-2,6-10H2,3-4H3/b22-15+,23-17-,24-21-. The van der Waals surface area contributed by atoms with Gasteiger partial charge in [0.05, 0.1) is 17.1 Å². The van der Waals surface area contributed by atoms with E-state index in [9.17, 15) is 0 Å². The van der Waals surface area contributed by atoms with Crippen molar-refractivity contribution in [3.05, 3.63) is 66.4 Å². The fourth-order valence-corrected chi connectivity index (χ4v) is 3.52. The van der Waals surface area contributed by atoms with E-state index in [0.29, 0.717) is 0 Å². The van der Waals surface area contributed by atoms with Gasteiger partial charge in [-0.25, -0.2) is 0 Å². The van der Waals surface area contributed by atoms with Gasteiger partial charge in [-0.1, -0.05) is 56.7 Å². The first-order chi connectivity index (χ1) is 12.1. The largest absolute Gasteiger partial charge is 0.269 e. The number of nitrogens with zero attached hydrogens (tertiary/aromatic N) is 3. The molecule has 0 bridgehead atoms. The molecule has 0 saturated heterocycles. The monoisotopic (exact) mass is 333 g/mol. The van der Waals surface area contributed by atoms with Crippen LogP contribution in [0.4, 0.5) is 0 Å². The van der Waals surface area contributed by atoms with E-state index in [-0.39, 0.29) is 0 Å². The molecule has 1 saturated carbocycles. The number of allylic oxidation sites excluding steroid dienone is 2. The Balaban J connectivity index is 1.91. The van der Waals surface area contributed by atoms with Crippen LogP contribution < -0.4 is 0 Å². The number of hydrogen-bond acceptors (Lipinski definition) is 3. The minimum atomic E-state index is 0.722. The van der Waals surface area contributed by atoms with Crippen LogP contribution >= 0.6 is 0 Å². The van der Waals surface area contributed by atoms with Gasteiger partial charge in [0.25, 0.3) is 0 Å². The van der Waals surface area contributed by atoms with Gasteiger partial charge < -0.3 is 0 Å². The summed E-state index contributed by atoms with van der Waals surface area (Å²) in [5, 5.41) is 6.25. The highest BCUT2D eigenvalue weighted by Gasteiger charge is 2.16. The lowest BCUT2D eigenvalue weighted by molar-refractivity contribution is 0.443. The molecule has 1 aromatic rings. The fraction of sp³-hybridized carbons (Fsp3) is 0.364. The molecule has 1 aliphatic carbocycles. The molecule has 130 valence electrons. The van der Waals surface area contributed by atoms with Crippen molar-refractivity contribution >= 4 is 17.1 Å². The summed E-state index contributed by atoms with van der Waals surface area (Å²) in [5.41, 5.74) is 5.92. The Morgan fingerprint density at radius 3 is 2.44 bits per heavy atom. The molecule has 1 fully saturated rings. The quantitative estimate of drug-likeness (QED) is 0.714. The molecule has 0 atom stereocenters. The van der Waals surface area contributed by atoms with Crippen molar-refractivity contribution < 1.29 is 0 Å². The predicted molar refractivity (Wildman–Crippen MR) is 108 cm³/mol. The van der Waals surface area contributed by atoms with E-state index in [4.69, 9.17) is 4.99 Å². The number of likely N-dealkylation sites (N-methyl/N-ethyl adjacent to an activating group) is 1. The van der Waals surface area contributed by atoms with Crippen LogP contribution in [0, 0.1) is 0 Å². The molecule has 0 aromatic heterocycles. The van der Waals surface area contributed by atoms with Crippen molar-refractivity contribution in [2.24, 2.45) is 10.1 Å². The van der Waals surface area contributed by atoms with Gasteiger partial charge in [-0.15, -0.1) is 0 Å². The predicted octanol–water partition coefficient (Wildman–Crippen LogP) is 5.54. The third-order valence-corrected chi connectivity index (χ3v) is 5.11. The van der Waals surface area contributed by atoms with Crippen LogP contribution in [0.3, 0.4) is 0 Å². The lowest BCUT2D eigenvalue weighted by Crippen LogP contribution is -2.18. The molecule has 1 aliphatic heterocycles. The summed E-state index contributed by atoms with van der Waals surface area (Å²) in [5.74, 6) is 0.722. The Bertz CT molecular complexity index is 744. The number of benzene rings is 1. The van der Waals surface area contributed by atoms with Gasteiger partial charge in [-0.05, 0) is 43.4 Å². The van der Waals surface area contributed by atoms with Gasteiger partial charge in [0.2, 0.25) is 0 Å². The van der Waals surface area contributed by atoms with Crippen molar-refractivity contribution in [2.45, 2.75) is 44.9 Å². The zero-order valence-corrected chi connectivity index (χ0v) is 15.3. The molecule has 2 aliphatic rings. The summed E-state index contributed by atoms with van der Waals surface area (Å²) in [6.45, 7) is 9.90. The summed E-state index contributed by atoms with van der Waals surface area (Å²) in [7, 11) is 1.89. The average molecular weight is 333 g/mol. The minimum Gasteiger partial charge on any atom is -0.269 e. The second kappa shape index (κ2) is 7.64. The molecule has 3 heteroatoms. The molecule has 3 nitrogen and oxygen atoms in total. The molecule has 1 aromatic carbocycles. The second-order valence-electron chi connectivity index (χ2n) is 6.89. The summed E-state index contributed by atoms with van der Waals surface area (Å²) in [4.78, 5) is 4.77. The maximum absolute atomic E-state index is 4.77. The van der Waals surface area contributed by atoms with Crippen LogP contribution in [0.1, 0.15) is 56.1 Å². The van der Waals surface area contributed by atoms with E-state index < -0.39 is 0 Å². The smallest absolute Gasteiger partial charge is 0.104 e. The topological polar surface area (TPSA) is 28.0 Å². The van der Waals surface area contributed by atoms with Crippen LogP contribution in [0.5, 0.6) is 0 Å². The van der Waals surface area contributed by atoms with Gasteiger partial charge >= 0.3 is 0 Å². The SMILES string of the molecule is C=CC1=N/N(C)C(=C)/C=C(c2ccc(C3CCCCC3)cc2)/N=C\1C. The van der Waals surface area contributed by atoms with E-state index in [0.717, 1.165) is 34.3 Å². The van der Waals surface area contributed by atoms with Crippen molar-refractivity contribution in [2.75, 3.05) is 7.05 Å². The molecule has 0 unspecified atom stereocenters. The Labute approximate surface area is 151 Å². The minimum absolute atomic E-state index is 0.722. The van der Waals surface area contributed by atoms with Gasteiger partial charge in [0.1, 0.15) is 5.71 Å². The lowest BCUT2D eigenvalue weighted by atomic mass is 9.84. The van der Waals surface area contributed by atoms with Crippen molar-refractivity contribution in [3.8, 4) is 0 Å². The van der Waals surface area contributed by atoms with E-state index in [1.807, 2.05) is 20.0 Å². The van der Waals surface area contributed by atoms with Crippen molar-refractivity contribution in [1.82, 2.24) is 5.01 Å². The van der Waals surface area contributed by atoms with Gasteiger partial charge in [-0.2, -0.15) is 5.10 Å². The number of rotatable bonds is 3. The molecule has 25 heavy (non-hydrogen) atoms. The Morgan fingerprint density at radius 1 is 1.12 bits per heavy atom. The first-order valence-corrected chi connectivity index (χ1v) is 9.10. The summed E-state index contributed by atoms with van der Waals surface area (Å²) >= 11 is 0. The van der Waals surface area contributed by atoms with Crippen LogP contribution in [0.2, 0.25) is 0 Å². The van der Waals surface area contributed by atoms with E-state index in [1.54, 1.807) is 11.1 Å². The van der Waals surface area contributed by atoms with E-state index in [1.165, 1.54) is 37.7 Å². The zero-order valence-electron chi connectivity index (χ0n) is 15.3. The van der Waals surface area contributed by atoms with Crippen molar-refractivity contribution in [3.63, 3.8) is 0 Å². The average Bonchev–Trinajstić information content (AvgIpc) is 2.65. The fourth-order valence-electron chi connectivity index (χ4n) is 3.52.